The monoisotopic (exact) mass is 349 g/mol. The normalized spacial score (nSPS) is 18.0. The fourth-order valence-corrected chi connectivity index (χ4v) is 3.41. The summed E-state index contributed by atoms with van der Waals surface area (Å²) in [6.07, 6.45) is 2.54. The summed E-state index contributed by atoms with van der Waals surface area (Å²) in [5.41, 5.74) is 0.949. The molecule has 130 valence electrons. The van der Waals surface area contributed by atoms with Gasteiger partial charge < -0.3 is 5.11 Å². The smallest absolute Gasteiger partial charge is 0.165 e. The van der Waals surface area contributed by atoms with Gasteiger partial charge in [-0.25, -0.2) is 4.68 Å². The third-order valence-electron chi connectivity index (χ3n) is 4.70. The second kappa shape index (κ2) is 8.05. The third kappa shape index (κ3) is 4.12. The van der Waals surface area contributed by atoms with Crippen LogP contribution in [0.5, 0.6) is 0 Å². The SMILES string of the molecule is CCCn1nnnc1CN1CCC([C@H](O)c2ccc(Cl)cc2)CC1. The van der Waals surface area contributed by atoms with Crippen molar-refractivity contribution in [2.45, 2.75) is 45.4 Å². The molecule has 1 aromatic carbocycles. The fraction of sp³-hybridized carbons (Fsp3) is 0.588. The second-order valence-corrected chi connectivity index (χ2v) is 6.86. The van der Waals surface area contributed by atoms with Gasteiger partial charge in [0.2, 0.25) is 0 Å². The standard InChI is InChI=1S/C17H24ClN5O/c1-2-9-23-16(19-20-21-23)12-22-10-7-14(8-11-22)17(24)13-3-5-15(18)6-4-13/h3-6,14,17,24H,2,7-12H2,1H3/t17-/m1/s1. The zero-order chi connectivity index (χ0) is 16.9. The first kappa shape index (κ1) is 17.3. The lowest BCUT2D eigenvalue weighted by molar-refractivity contribution is 0.0556. The summed E-state index contributed by atoms with van der Waals surface area (Å²) in [6, 6.07) is 7.50. The molecule has 1 atom stereocenters. The van der Waals surface area contributed by atoms with E-state index >= 15 is 0 Å². The molecule has 3 rings (SSSR count). The number of likely N-dealkylation sites (tertiary alicyclic amines) is 1. The van der Waals surface area contributed by atoms with E-state index < -0.39 is 6.10 Å². The van der Waals surface area contributed by atoms with E-state index in [9.17, 15) is 5.11 Å². The molecule has 7 heteroatoms. The number of benzene rings is 1. The molecule has 24 heavy (non-hydrogen) atoms. The van der Waals surface area contributed by atoms with E-state index in [0.717, 1.165) is 56.8 Å². The van der Waals surface area contributed by atoms with E-state index in [1.807, 2.05) is 28.9 Å². The first-order chi connectivity index (χ1) is 11.7. The number of hydrogen-bond donors (Lipinski definition) is 1. The van der Waals surface area contributed by atoms with Gasteiger partial charge in [0.25, 0.3) is 0 Å². The molecule has 0 spiro atoms. The average Bonchev–Trinajstić information content (AvgIpc) is 3.03. The van der Waals surface area contributed by atoms with E-state index in [2.05, 4.69) is 27.3 Å². The van der Waals surface area contributed by atoms with Crippen LogP contribution in [0.3, 0.4) is 0 Å². The largest absolute Gasteiger partial charge is 0.388 e. The molecule has 6 nitrogen and oxygen atoms in total. The summed E-state index contributed by atoms with van der Waals surface area (Å²) in [5.74, 6) is 1.21. The Hall–Kier alpha value is -1.50. The molecule has 0 aliphatic carbocycles. The Morgan fingerprint density at radius 1 is 1.25 bits per heavy atom. The van der Waals surface area contributed by atoms with Crippen LogP contribution in [0.1, 0.15) is 43.7 Å². The van der Waals surface area contributed by atoms with Crippen molar-refractivity contribution in [1.29, 1.82) is 0 Å². The molecule has 0 amide bonds. The highest BCUT2D eigenvalue weighted by Gasteiger charge is 2.27. The summed E-state index contributed by atoms with van der Waals surface area (Å²) in [7, 11) is 0. The zero-order valence-corrected chi connectivity index (χ0v) is 14.7. The summed E-state index contributed by atoms with van der Waals surface area (Å²) >= 11 is 5.92. The van der Waals surface area contributed by atoms with Crippen molar-refractivity contribution in [2.24, 2.45) is 5.92 Å². The fourth-order valence-electron chi connectivity index (χ4n) is 3.28. The van der Waals surface area contributed by atoms with Gasteiger partial charge in [0, 0.05) is 11.6 Å². The van der Waals surface area contributed by atoms with Crippen molar-refractivity contribution in [1.82, 2.24) is 25.1 Å². The molecule has 1 fully saturated rings. The summed E-state index contributed by atoms with van der Waals surface area (Å²) in [6.45, 7) is 5.66. The lowest BCUT2D eigenvalue weighted by Gasteiger charge is -2.34. The highest BCUT2D eigenvalue weighted by atomic mass is 35.5. The highest BCUT2D eigenvalue weighted by molar-refractivity contribution is 6.30. The number of tetrazole rings is 1. The lowest BCUT2D eigenvalue weighted by atomic mass is 9.87. The Balaban J connectivity index is 1.53. The first-order valence-corrected chi connectivity index (χ1v) is 8.96. The van der Waals surface area contributed by atoms with Crippen LogP contribution < -0.4 is 0 Å². The minimum Gasteiger partial charge on any atom is -0.388 e. The third-order valence-corrected chi connectivity index (χ3v) is 4.95. The van der Waals surface area contributed by atoms with Gasteiger partial charge in [0.15, 0.2) is 5.82 Å². The van der Waals surface area contributed by atoms with E-state index in [-0.39, 0.29) is 5.92 Å². The van der Waals surface area contributed by atoms with Crippen LogP contribution in [0.25, 0.3) is 0 Å². The number of hydrogen-bond acceptors (Lipinski definition) is 5. The molecular formula is C17H24ClN5O. The summed E-state index contributed by atoms with van der Waals surface area (Å²) in [4.78, 5) is 2.36. The van der Waals surface area contributed by atoms with Crippen LogP contribution in [-0.4, -0.2) is 43.3 Å². The van der Waals surface area contributed by atoms with Crippen LogP contribution in [0, 0.1) is 5.92 Å². The van der Waals surface area contributed by atoms with E-state index in [1.165, 1.54) is 0 Å². The maximum absolute atomic E-state index is 10.6. The molecule has 1 saturated heterocycles. The van der Waals surface area contributed by atoms with Crippen LogP contribution in [0.4, 0.5) is 0 Å². The van der Waals surface area contributed by atoms with Gasteiger partial charge in [0.05, 0.1) is 12.6 Å². The van der Waals surface area contributed by atoms with Gasteiger partial charge in [-0.05, 0) is 66.4 Å². The molecule has 0 radical (unpaired) electrons. The van der Waals surface area contributed by atoms with Gasteiger partial charge in [-0.2, -0.15) is 0 Å². The molecule has 2 aromatic rings. The van der Waals surface area contributed by atoms with Crippen LogP contribution in [-0.2, 0) is 13.1 Å². The van der Waals surface area contributed by atoms with Crippen molar-refractivity contribution in [3.05, 3.63) is 40.7 Å². The van der Waals surface area contributed by atoms with Gasteiger partial charge in [-0.1, -0.05) is 30.7 Å². The van der Waals surface area contributed by atoms with Gasteiger partial charge in [0.1, 0.15) is 0 Å². The predicted molar refractivity (Wildman–Crippen MR) is 92.5 cm³/mol. The van der Waals surface area contributed by atoms with Crippen molar-refractivity contribution < 1.29 is 5.11 Å². The summed E-state index contributed by atoms with van der Waals surface area (Å²) in [5, 5.41) is 23.3. The first-order valence-electron chi connectivity index (χ1n) is 8.58. The Kier molecular flexibility index (Phi) is 5.81. The Labute approximate surface area is 147 Å². The number of nitrogens with zero attached hydrogens (tertiary/aromatic N) is 5. The molecule has 1 aliphatic heterocycles. The van der Waals surface area contributed by atoms with E-state index in [1.54, 1.807) is 0 Å². The van der Waals surface area contributed by atoms with Crippen molar-refractivity contribution >= 4 is 11.6 Å². The van der Waals surface area contributed by atoms with E-state index in [4.69, 9.17) is 11.6 Å². The molecule has 0 saturated carbocycles. The molecule has 0 unspecified atom stereocenters. The highest BCUT2D eigenvalue weighted by Crippen LogP contribution is 2.31. The van der Waals surface area contributed by atoms with Gasteiger partial charge in [-0.15, -0.1) is 5.10 Å². The Bertz CT molecular complexity index is 637. The number of aromatic nitrogens is 4. The molecule has 1 N–H and O–H groups in total. The molecule has 2 heterocycles. The Morgan fingerprint density at radius 3 is 2.62 bits per heavy atom. The van der Waals surface area contributed by atoms with Crippen molar-refractivity contribution in [3.8, 4) is 0 Å². The van der Waals surface area contributed by atoms with Crippen LogP contribution >= 0.6 is 11.6 Å². The Morgan fingerprint density at radius 2 is 1.96 bits per heavy atom. The number of halogens is 1. The number of aryl methyl sites for hydroxylation is 1. The van der Waals surface area contributed by atoms with Gasteiger partial charge >= 0.3 is 0 Å². The topological polar surface area (TPSA) is 67.1 Å². The summed E-state index contributed by atoms with van der Waals surface area (Å²) < 4.78 is 1.88. The molecule has 1 aromatic heterocycles. The van der Waals surface area contributed by atoms with Crippen LogP contribution in [0.2, 0.25) is 5.02 Å². The van der Waals surface area contributed by atoms with Crippen molar-refractivity contribution in [3.63, 3.8) is 0 Å². The lowest BCUT2D eigenvalue weighted by Crippen LogP contribution is -2.36. The minimum atomic E-state index is -0.421. The molecule has 0 bridgehead atoms. The van der Waals surface area contributed by atoms with E-state index in [0.29, 0.717) is 5.02 Å². The van der Waals surface area contributed by atoms with Gasteiger partial charge in [-0.3, -0.25) is 4.90 Å². The van der Waals surface area contributed by atoms with Crippen molar-refractivity contribution in [2.75, 3.05) is 13.1 Å². The number of piperidine rings is 1. The zero-order valence-electron chi connectivity index (χ0n) is 14.0. The quantitative estimate of drug-likeness (QED) is 0.868. The molecular weight excluding hydrogens is 326 g/mol. The maximum atomic E-state index is 10.6. The average molecular weight is 350 g/mol. The number of aliphatic hydroxyl groups excluding tert-OH is 1. The molecule has 1 aliphatic rings. The maximum Gasteiger partial charge on any atom is 0.165 e. The minimum absolute atomic E-state index is 0.286. The second-order valence-electron chi connectivity index (χ2n) is 6.43. The number of aliphatic hydroxyl groups is 1. The number of rotatable bonds is 6. The van der Waals surface area contributed by atoms with Crippen LogP contribution in [0.15, 0.2) is 24.3 Å². The predicted octanol–water partition coefficient (Wildman–Crippen LogP) is 2.68.